The molecule has 7 nitrogen and oxygen atoms in total. The van der Waals surface area contributed by atoms with E-state index in [1.54, 1.807) is 12.1 Å². The number of methoxy groups -OCH3 is 2. The molecule has 0 spiro atoms. The molecule has 0 fully saturated rings. The van der Waals surface area contributed by atoms with E-state index in [9.17, 15) is 14.4 Å². The van der Waals surface area contributed by atoms with Crippen LogP contribution >= 0.6 is 0 Å². The van der Waals surface area contributed by atoms with Crippen molar-refractivity contribution in [1.29, 1.82) is 0 Å². The molecule has 1 rings (SSSR count). The van der Waals surface area contributed by atoms with Gasteiger partial charge in [-0.25, -0.2) is 14.4 Å². The lowest BCUT2D eigenvalue weighted by Crippen LogP contribution is -2.17. The molecule has 0 saturated heterocycles. The van der Waals surface area contributed by atoms with Crippen LogP contribution < -0.4 is 4.74 Å². The number of rotatable bonds is 6. The molecule has 0 aromatic heterocycles. The molecule has 0 radical (unpaired) electrons. The average molecular weight is 282 g/mol. The van der Waals surface area contributed by atoms with E-state index >= 15 is 0 Å². The van der Waals surface area contributed by atoms with Crippen LogP contribution in [0.25, 0.3) is 0 Å². The van der Waals surface area contributed by atoms with Crippen molar-refractivity contribution in [2.75, 3.05) is 27.4 Å². The first-order valence-corrected chi connectivity index (χ1v) is 5.61. The van der Waals surface area contributed by atoms with Gasteiger partial charge < -0.3 is 18.9 Å². The summed E-state index contributed by atoms with van der Waals surface area (Å²) in [5.41, 5.74) is 0.0975. The third-order valence-corrected chi connectivity index (χ3v) is 2.23. The van der Waals surface area contributed by atoms with Crippen molar-refractivity contribution < 1.29 is 33.3 Å². The maximum atomic E-state index is 11.8. The summed E-state index contributed by atoms with van der Waals surface area (Å²) in [5.74, 6) is -1.85. The SMILES string of the molecule is COC(=O)COC(=O)c1ccccc1OCC(=O)OC. The van der Waals surface area contributed by atoms with Gasteiger partial charge in [-0.2, -0.15) is 0 Å². The monoisotopic (exact) mass is 282 g/mol. The molecule has 0 aliphatic rings. The van der Waals surface area contributed by atoms with Crippen LogP contribution in [0, 0.1) is 0 Å². The van der Waals surface area contributed by atoms with Crippen LogP contribution in [0.3, 0.4) is 0 Å². The number of carbonyl (C=O) groups excluding carboxylic acids is 3. The van der Waals surface area contributed by atoms with Crippen LogP contribution in [0.4, 0.5) is 0 Å². The Morgan fingerprint density at radius 2 is 1.55 bits per heavy atom. The molecule has 20 heavy (non-hydrogen) atoms. The van der Waals surface area contributed by atoms with Gasteiger partial charge in [-0.1, -0.05) is 12.1 Å². The molecular formula is C13H14O7. The molecule has 0 saturated carbocycles. The summed E-state index contributed by atoms with van der Waals surface area (Å²) in [7, 11) is 2.41. The Morgan fingerprint density at radius 3 is 2.20 bits per heavy atom. The normalized spacial score (nSPS) is 9.50. The lowest BCUT2D eigenvalue weighted by molar-refractivity contribution is -0.144. The number of hydrogen-bond donors (Lipinski definition) is 0. The van der Waals surface area contributed by atoms with Crippen molar-refractivity contribution in [3.8, 4) is 5.75 Å². The molecule has 0 N–H and O–H groups in total. The first kappa shape index (κ1) is 15.5. The van der Waals surface area contributed by atoms with Gasteiger partial charge in [0.1, 0.15) is 11.3 Å². The number of hydrogen-bond acceptors (Lipinski definition) is 7. The standard InChI is InChI=1S/C13H14O7/c1-17-11(14)7-19-10-6-4-3-5-9(10)13(16)20-8-12(15)18-2/h3-6H,7-8H2,1-2H3. The van der Waals surface area contributed by atoms with Gasteiger partial charge in [-0.05, 0) is 12.1 Å². The second-order valence-electron chi connectivity index (χ2n) is 3.51. The summed E-state index contributed by atoms with van der Waals surface area (Å²) in [5, 5.41) is 0. The summed E-state index contributed by atoms with van der Waals surface area (Å²) in [4.78, 5) is 33.7. The maximum absolute atomic E-state index is 11.8. The minimum atomic E-state index is -0.754. The summed E-state index contributed by atoms with van der Waals surface area (Å²) in [6.07, 6.45) is 0. The zero-order valence-corrected chi connectivity index (χ0v) is 11.1. The smallest absolute Gasteiger partial charge is 0.344 e. The molecule has 1 aromatic carbocycles. The van der Waals surface area contributed by atoms with Crippen LogP contribution in [-0.2, 0) is 23.8 Å². The Bertz CT molecular complexity index is 495. The fourth-order valence-electron chi connectivity index (χ4n) is 1.22. The molecule has 0 heterocycles. The van der Waals surface area contributed by atoms with Gasteiger partial charge in [0.25, 0.3) is 0 Å². The Morgan fingerprint density at radius 1 is 0.950 bits per heavy atom. The van der Waals surface area contributed by atoms with E-state index in [-0.39, 0.29) is 17.9 Å². The largest absolute Gasteiger partial charge is 0.481 e. The van der Waals surface area contributed by atoms with Gasteiger partial charge in [-0.3, -0.25) is 0 Å². The van der Waals surface area contributed by atoms with Gasteiger partial charge in [-0.15, -0.1) is 0 Å². The molecule has 1 aromatic rings. The first-order chi connectivity index (χ1) is 9.58. The lowest BCUT2D eigenvalue weighted by Gasteiger charge is -2.09. The van der Waals surface area contributed by atoms with Crippen molar-refractivity contribution in [3.63, 3.8) is 0 Å². The van der Waals surface area contributed by atoms with Gasteiger partial charge in [0.05, 0.1) is 14.2 Å². The van der Waals surface area contributed by atoms with E-state index in [1.807, 2.05) is 0 Å². The Hall–Kier alpha value is -2.57. The highest BCUT2D eigenvalue weighted by Crippen LogP contribution is 2.19. The molecule has 0 aliphatic carbocycles. The van der Waals surface area contributed by atoms with Crippen molar-refractivity contribution >= 4 is 17.9 Å². The van der Waals surface area contributed by atoms with Crippen LogP contribution in [0.15, 0.2) is 24.3 Å². The highest BCUT2D eigenvalue weighted by atomic mass is 16.6. The third-order valence-electron chi connectivity index (χ3n) is 2.23. The number of esters is 3. The number of ether oxygens (including phenoxy) is 4. The predicted octanol–water partition coefficient (Wildman–Crippen LogP) is 0.568. The second-order valence-corrected chi connectivity index (χ2v) is 3.51. The van der Waals surface area contributed by atoms with Crippen molar-refractivity contribution in [1.82, 2.24) is 0 Å². The first-order valence-electron chi connectivity index (χ1n) is 5.61. The summed E-state index contributed by atoms with van der Waals surface area (Å²) in [6.45, 7) is -0.835. The quantitative estimate of drug-likeness (QED) is 0.556. The van der Waals surface area contributed by atoms with E-state index in [4.69, 9.17) is 9.47 Å². The second kappa shape index (κ2) is 7.78. The van der Waals surface area contributed by atoms with E-state index in [1.165, 1.54) is 26.4 Å². The Labute approximate surface area is 115 Å². The molecule has 0 unspecified atom stereocenters. The van der Waals surface area contributed by atoms with E-state index in [0.29, 0.717) is 0 Å². The van der Waals surface area contributed by atoms with Crippen molar-refractivity contribution in [2.45, 2.75) is 0 Å². The van der Waals surface area contributed by atoms with E-state index < -0.39 is 24.5 Å². The fourth-order valence-corrected chi connectivity index (χ4v) is 1.22. The van der Waals surface area contributed by atoms with Crippen LogP contribution in [-0.4, -0.2) is 45.3 Å². The van der Waals surface area contributed by atoms with Gasteiger partial charge in [0.15, 0.2) is 13.2 Å². The van der Waals surface area contributed by atoms with E-state index in [0.717, 1.165) is 0 Å². The van der Waals surface area contributed by atoms with Gasteiger partial charge >= 0.3 is 17.9 Å². The zero-order valence-electron chi connectivity index (χ0n) is 11.1. The molecule has 0 amide bonds. The topological polar surface area (TPSA) is 88.1 Å². The minimum absolute atomic E-state index is 0.0975. The molecule has 7 heteroatoms. The predicted molar refractivity (Wildman–Crippen MR) is 66.3 cm³/mol. The maximum Gasteiger partial charge on any atom is 0.344 e. The summed E-state index contributed by atoms with van der Waals surface area (Å²) >= 11 is 0. The summed E-state index contributed by atoms with van der Waals surface area (Å²) in [6, 6.07) is 6.17. The fraction of sp³-hybridized carbons (Fsp3) is 0.308. The zero-order chi connectivity index (χ0) is 15.0. The van der Waals surface area contributed by atoms with Crippen molar-refractivity contribution in [2.24, 2.45) is 0 Å². The van der Waals surface area contributed by atoms with Crippen molar-refractivity contribution in [3.05, 3.63) is 29.8 Å². The third kappa shape index (κ3) is 4.60. The van der Waals surface area contributed by atoms with E-state index in [2.05, 4.69) is 9.47 Å². The van der Waals surface area contributed by atoms with Gasteiger partial charge in [0, 0.05) is 0 Å². The average Bonchev–Trinajstić information content (AvgIpc) is 2.49. The molecule has 0 atom stereocenters. The summed E-state index contributed by atoms with van der Waals surface area (Å²) < 4.78 is 18.7. The number of para-hydroxylation sites is 1. The number of benzene rings is 1. The minimum Gasteiger partial charge on any atom is -0.481 e. The Kier molecular flexibility index (Phi) is 6.02. The van der Waals surface area contributed by atoms with Crippen LogP contribution in [0.2, 0.25) is 0 Å². The molecule has 0 aliphatic heterocycles. The highest BCUT2D eigenvalue weighted by molar-refractivity contribution is 5.93. The molecular weight excluding hydrogens is 268 g/mol. The van der Waals surface area contributed by atoms with Gasteiger partial charge in [0.2, 0.25) is 0 Å². The highest BCUT2D eigenvalue weighted by Gasteiger charge is 2.16. The molecule has 0 bridgehead atoms. The number of carbonyl (C=O) groups is 3. The van der Waals surface area contributed by atoms with Crippen LogP contribution in [0.1, 0.15) is 10.4 Å². The molecule has 108 valence electrons. The lowest BCUT2D eigenvalue weighted by atomic mass is 10.2. The Balaban J connectivity index is 2.71. The van der Waals surface area contributed by atoms with Crippen LogP contribution in [0.5, 0.6) is 5.75 Å².